The molecule has 0 aliphatic rings. The van der Waals surface area contributed by atoms with Gasteiger partial charge in [0.05, 0.1) is 18.6 Å². The first-order chi connectivity index (χ1) is 9.11. The molecule has 0 saturated carbocycles. The highest BCUT2D eigenvalue weighted by molar-refractivity contribution is 5.84. The van der Waals surface area contributed by atoms with E-state index in [0.717, 1.165) is 0 Å². The highest BCUT2D eigenvalue weighted by Gasteiger charge is 2.08. The van der Waals surface area contributed by atoms with Crippen LogP contribution in [0, 0.1) is 5.82 Å². The molecule has 96 valence electrons. The fraction of sp³-hybridized carbons (Fsp3) is 0.0833. The number of carboxylic acids is 1. The van der Waals surface area contributed by atoms with Crippen LogP contribution in [0.1, 0.15) is 16.2 Å². The summed E-state index contributed by atoms with van der Waals surface area (Å²) in [4.78, 5) is 18.8. The van der Waals surface area contributed by atoms with Gasteiger partial charge >= 0.3 is 5.97 Å². The van der Waals surface area contributed by atoms with E-state index in [0.29, 0.717) is 17.9 Å². The van der Waals surface area contributed by atoms with E-state index in [9.17, 15) is 9.18 Å². The van der Waals surface area contributed by atoms with Crippen molar-refractivity contribution in [1.82, 2.24) is 18.9 Å². The number of hydrogen-bond acceptors (Lipinski definition) is 3. The molecule has 0 saturated heterocycles. The third-order valence-electron chi connectivity index (χ3n) is 2.66. The summed E-state index contributed by atoms with van der Waals surface area (Å²) in [6, 6.07) is 2.92. The molecule has 3 rings (SSSR count). The van der Waals surface area contributed by atoms with Crippen LogP contribution in [0.2, 0.25) is 0 Å². The molecule has 1 N–H and O–H groups in total. The Morgan fingerprint density at radius 2 is 2.16 bits per heavy atom. The largest absolute Gasteiger partial charge is 0.476 e. The smallest absolute Gasteiger partial charge is 0.356 e. The van der Waals surface area contributed by atoms with Crippen LogP contribution >= 0.6 is 0 Å². The lowest BCUT2D eigenvalue weighted by molar-refractivity contribution is 0.0691. The third-order valence-corrected chi connectivity index (χ3v) is 2.66. The van der Waals surface area contributed by atoms with Gasteiger partial charge in [0.1, 0.15) is 11.5 Å². The van der Waals surface area contributed by atoms with Crippen molar-refractivity contribution in [2.75, 3.05) is 0 Å². The number of fused-ring (bicyclic) bond motifs is 1. The quantitative estimate of drug-likeness (QED) is 0.773. The van der Waals surface area contributed by atoms with Crippen LogP contribution in [0.15, 0.2) is 37.1 Å². The van der Waals surface area contributed by atoms with Gasteiger partial charge in [0.2, 0.25) is 0 Å². The Morgan fingerprint density at radius 1 is 1.32 bits per heavy atom. The number of imidazole rings is 2. The summed E-state index contributed by atoms with van der Waals surface area (Å²) in [5.74, 6) is -1.41. The molecule has 7 heteroatoms. The van der Waals surface area contributed by atoms with E-state index >= 15 is 0 Å². The van der Waals surface area contributed by atoms with E-state index < -0.39 is 5.97 Å². The van der Waals surface area contributed by atoms with E-state index in [1.165, 1.54) is 24.8 Å². The molecule has 0 bridgehead atoms. The topological polar surface area (TPSA) is 72.4 Å². The first kappa shape index (κ1) is 11.4. The van der Waals surface area contributed by atoms with E-state index in [-0.39, 0.29) is 11.5 Å². The van der Waals surface area contributed by atoms with Gasteiger partial charge in [0.15, 0.2) is 5.69 Å². The average molecular weight is 260 g/mol. The number of nitrogens with zero attached hydrogens (tertiary/aromatic N) is 4. The Morgan fingerprint density at radius 3 is 2.89 bits per heavy atom. The predicted octanol–water partition coefficient (Wildman–Crippen LogP) is 1.42. The summed E-state index contributed by atoms with van der Waals surface area (Å²) in [6.07, 6.45) is 5.88. The van der Waals surface area contributed by atoms with Crippen molar-refractivity contribution < 1.29 is 14.3 Å². The molecule has 0 aromatic carbocycles. The summed E-state index contributed by atoms with van der Waals surface area (Å²) in [6.45, 7) is 0.379. The minimum Gasteiger partial charge on any atom is -0.476 e. The molecule has 0 spiro atoms. The Balaban J connectivity index is 1.89. The van der Waals surface area contributed by atoms with Gasteiger partial charge < -0.3 is 14.1 Å². The van der Waals surface area contributed by atoms with Crippen molar-refractivity contribution in [2.24, 2.45) is 0 Å². The van der Waals surface area contributed by atoms with Gasteiger partial charge in [0.25, 0.3) is 0 Å². The molecule has 3 heterocycles. The molecule has 19 heavy (non-hydrogen) atoms. The number of aromatic carboxylic acids is 1. The van der Waals surface area contributed by atoms with Gasteiger partial charge in [-0.2, -0.15) is 0 Å². The van der Waals surface area contributed by atoms with Crippen LogP contribution in [0.5, 0.6) is 0 Å². The molecule has 3 aromatic rings. The van der Waals surface area contributed by atoms with Crippen molar-refractivity contribution in [3.63, 3.8) is 0 Å². The molecule has 0 unspecified atom stereocenters. The second-order valence-electron chi connectivity index (χ2n) is 4.08. The highest BCUT2D eigenvalue weighted by Crippen LogP contribution is 2.08. The average Bonchev–Trinajstić information content (AvgIpc) is 2.95. The summed E-state index contributed by atoms with van der Waals surface area (Å²) < 4.78 is 16.2. The maximum atomic E-state index is 13.0. The molecule has 6 nitrogen and oxygen atoms in total. The number of halogens is 1. The van der Waals surface area contributed by atoms with Crippen molar-refractivity contribution in [1.29, 1.82) is 0 Å². The van der Waals surface area contributed by atoms with Gasteiger partial charge in [-0.3, -0.25) is 0 Å². The predicted molar refractivity (Wildman–Crippen MR) is 63.4 cm³/mol. The van der Waals surface area contributed by atoms with Crippen LogP contribution < -0.4 is 0 Å². The van der Waals surface area contributed by atoms with Crippen molar-refractivity contribution in [3.05, 3.63) is 54.3 Å². The molecule has 3 aromatic heterocycles. The molecular formula is C12H9FN4O2. The van der Waals surface area contributed by atoms with E-state index in [2.05, 4.69) is 9.97 Å². The van der Waals surface area contributed by atoms with Gasteiger partial charge in [-0.1, -0.05) is 0 Å². The fourth-order valence-corrected chi connectivity index (χ4v) is 1.84. The second kappa shape index (κ2) is 4.20. The number of carbonyl (C=O) groups is 1. The van der Waals surface area contributed by atoms with Gasteiger partial charge in [-0.15, -0.1) is 0 Å². The lowest BCUT2D eigenvalue weighted by Crippen LogP contribution is -1.98. The Kier molecular flexibility index (Phi) is 2.52. The third kappa shape index (κ3) is 2.17. The van der Waals surface area contributed by atoms with Gasteiger partial charge in [-0.05, 0) is 12.1 Å². The molecule has 0 aliphatic carbocycles. The molecular weight excluding hydrogens is 251 g/mol. The first-order valence-electron chi connectivity index (χ1n) is 5.50. The normalized spacial score (nSPS) is 11.0. The van der Waals surface area contributed by atoms with Crippen LogP contribution in [0.25, 0.3) is 5.65 Å². The minimum atomic E-state index is -1.07. The fourth-order valence-electron chi connectivity index (χ4n) is 1.84. The molecule has 0 amide bonds. The van der Waals surface area contributed by atoms with E-state index in [1.807, 2.05) is 0 Å². The van der Waals surface area contributed by atoms with Gasteiger partial charge in [0, 0.05) is 18.6 Å². The van der Waals surface area contributed by atoms with Crippen molar-refractivity contribution >= 4 is 11.6 Å². The maximum absolute atomic E-state index is 13.0. The summed E-state index contributed by atoms with van der Waals surface area (Å²) in [5, 5.41) is 8.77. The Labute approximate surface area is 106 Å². The van der Waals surface area contributed by atoms with Crippen molar-refractivity contribution in [3.8, 4) is 0 Å². The minimum absolute atomic E-state index is 0.0187. The van der Waals surface area contributed by atoms with Crippen LogP contribution in [0.3, 0.4) is 0 Å². The molecule has 0 radical (unpaired) electrons. The lowest BCUT2D eigenvalue weighted by atomic mass is 10.4. The van der Waals surface area contributed by atoms with Crippen LogP contribution in [0.4, 0.5) is 4.39 Å². The standard InChI is InChI=1S/C12H9FN4O2/c13-8-1-2-11-15-9(5-17(11)3-8)4-16-6-10(12(18)19)14-7-16/h1-3,5-7H,4H2,(H,18,19). The van der Waals surface area contributed by atoms with E-state index in [4.69, 9.17) is 5.11 Å². The Bertz CT molecular complexity index is 762. The summed E-state index contributed by atoms with van der Waals surface area (Å²) in [5.41, 5.74) is 1.31. The first-order valence-corrected chi connectivity index (χ1v) is 5.50. The zero-order valence-corrected chi connectivity index (χ0v) is 9.69. The zero-order chi connectivity index (χ0) is 13.4. The SMILES string of the molecule is O=C(O)c1cn(Cc2cn3cc(F)ccc3n2)cn1. The number of carboxylic acid groups (broad SMARTS) is 1. The van der Waals surface area contributed by atoms with Crippen LogP contribution in [-0.2, 0) is 6.54 Å². The van der Waals surface area contributed by atoms with Crippen molar-refractivity contribution in [2.45, 2.75) is 6.54 Å². The second-order valence-corrected chi connectivity index (χ2v) is 4.08. The monoisotopic (exact) mass is 260 g/mol. The maximum Gasteiger partial charge on any atom is 0.356 e. The summed E-state index contributed by atoms with van der Waals surface area (Å²) >= 11 is 0. The zero-order valence-electron chi connectivity index (χ0n) is 9.69. The number of aromatic nitrogens is 4. The molecule has 0 aliphatic heterocycles. The number of pyridine rings is 1. The van der Waals surface area contributed by atoms with Gasteiger partial charge in [-0.25, -0.2) is 19.2 Å². The lowest BCUT2D eigenvalue weighted by Gasteiger charge is -1.95. The van der Waals surface area contributed by atoms with E-state index in [1.54, 1.807) is 21.2 Å². The highest BCUT2D eigenvalue weighted by atomic mass is 19.1. The molecule has 0 fully saturated rings. The van der Waals surface area contributed by atoms with Crippen LogP contribution in [-0.4, -0.2) is 30.0 Å². The Hall–Kier alpha value is -2.70. The number of rotatable bonds is 3. The summed E-state index contributed by atoms with van der Waals surface area (Å²) in [7, 11) is 0. The number of hydrogen-bond donors (Lipinski definition) is 1. The molecule has 0 atom stereocenters.